The Labute approximate surface area is 106 Å². The molecule has 0 fully saturated rings. The summed E-state index contributed by atoms with van der Waals surface area (Å²) in [4.78, 5) is 0. The highest BCUT2D eigenvalue weighted by molar-refractivity contribution is 9.10. The largest absolute Gasteiger partial charge is 0.494 e. The number of hydrogen-bond donors (Lipinski definition) is 1. The van der Waals surface area contributed by atoms with E-state index in [0.717, 1.165) is 28.8 Å². The molecule has 0 saturated carbocycles. The zero-order valence-corrected chi connectivity index (χ0v) is 11.8. The first-order chi connectivity index (χ1) is 7.42. The quantitative estimate of drug-likeness (QED) is 0.915. The summed E-state index contributed by atoms with van der Waals surface area (Å²) in [5.74, 6) is 0.897. The average Bonchev–Trinajstić information content (AvgIpc) is 2.16. The van der Waals surface area contributed by atoms with Gasteiger partial charge >= 0.3 is 0 Å². The van der Waals surface area contributed by atoms with E-state index in [2.05, 4.69) is 36.7 Å². The molecule has 1 aromatic rings. The Morgan fingerprint density at radius 3 is 2.50 bits per heavy atom. The van der Waals surface area contributed by atoms with Crippen molar-refractivity contribution < 1.29 is 4.74 Å². The van der Waals surface area contributed by atoms with Gasteiger partial charge in [-0.05, 0) is 29.5 Å². The molecule has 2 nitrogen and oxygen atoms in total. The van der Waals surface area contributed by atoms with E-state index in [1.807, 2.05) is 18.2 Å². The van der Waals surface area contributed by atoms with Crippen LogP contribution in [-0.4, -0.2) is 6.61 Å². The van der Waals surface area contributed by atoms with E-state index in [9.17, 15) is 0 Å². The molecule has 0 aliphatic carbocycles. The molecule has 90 valence electrons. The van der Waals surface area contributed by atoms with Crippen LogP contribution < -0.4 is 10.5 Å². The van der Waals surface area contributed by atoms with Gasteiger partial charge in [0.25, 0.3) is 0 Å². The van der Waals surface area contributed by atoms with E-state index in [1.54, 1.807) is 0 Å². The summed E-state index contributed by atoms with van der Waals surface area (Å²) in [6.07, 6.45) is 1.04. The van der Waals surface area contributed by atoms with Crippen molar-refractivity contribution in [3.8, 4) is 5.75 Å². The lowest BCUT2D eigenvalue weighted by Gasteiger charge is -2.18. The van der Waals surface area contributed by atoms with Gasteiger partial charge in [0, 0.05) is 11.0 Å². The van der Waals surface area contributed by atoms with Crippen LogP contribution in [0.3, 0.4) is 0 Å². The first-order valence-corrected chi connectivity index (χ1v) is 6.33. The number of benzene rings is 1. The van der Waals surface area contributed by atoms with Gasteiger partial charge in [0.05, 0.1) is 6.61 Å². The lowest BCUT2D eigenvalue weighted by atomic mass is 9.93. The maximum absolute atomic E-state index is 5.69. The predicted octanol–water partition coefficient (Wildman–Crippen LogP) is 3.72. The van der Waals surface area contributed by atoms with Crippen LogP contribution in [0.2, 0.25) is 0 Å². The van der Waals surface area contributed by atoms with Crippen LogP contribution in [0.25, 0.3) is 0 Å². The zero-order chi connectivity index (χ0) is 12.2. The van der Waals surface area contributed by atoms with Crippen molar-refractivity contribution in [2.45, 2.75) is 33.7 Å². The van der Waals surface area contributed by atoms with Gasteiger partial charge in [-0.1, -0.05) is 42.8 Å². The van der Waals surface area contributed by atoms with E-state index in [0.29, 0.717) is 12.0 Å². The molecule has 0 bridgehead atoms. The second-order valence-corrected chi connectivity index (χ2v) is 5.97. The number of halogens is 1. The Bertz CT molecular complexity index is 344. The van der Waals surface area contributed by atoms with Gasteiger partial charge in [-0.15, -0.1) is 0 Å². The van der Waals surface area contributed by atoms with Crippen LogP contribution in [0.4, 0.5) is 0 Å². The molecule has 0 aromatic heterocycles. The van der Waals surface area contributed by atoms with Crippen LogP contribution in [0, 0.1) is 5.41 Å². The first kappa shape index (κ1) is 13.5. The molecular formula is C13H20BrNO. The molecule has 0 saturated heterocycles. The fraction of sp³-hybridized carbons (Fsp3) is 0.538. The van der Waals surface area contributed by atoms with Gasteiger partial charge < -0.3 is 10.5 Å². The van der Waals surface area contributed by atoms with Crippen LogP contribution in [-0.2, 0) is 6.54 Å². The van der Waals surface area contributed by atoms with Gasteiger partial charge in [0.15, 0.2) is 0 Å². The number of rotatable bonds is 4. The number of nitrogens with two attached hydrogens (primary N) is 1. The third-order valence-corrected chi connectivity index (χ3v) is 3.10. The maximum atomic E-state index is 5.69. The Balaban J connectivity index is 2.52. The van der Waals surface area contributed by atoms with Gasteiger partial charge in [0.1, 0.15) is 5.75 Å². The van der Waals surface area contributed by atoms with Crippen molar-refractivity contribution in [1.82, 2.24) is 0 Å². The standard InChI is InChI=1S/C13H20BrNO/c1-13(2,3)6-7-16-11-5-4-10(9-15)12(14)8-11/h4-5,8H,6-7,9,15H2,1-3H3. The second kappa shape index (κ2) is 5.69. The van der Waals surface area contributed by atoms with Gasteiger partial charge in [-0.2, -0.15) is 0 Å². The molecule has 0 spiro atoms. The van der Waals surface area contributed by atoms with Crippen LogP contribution in [0.15, 0.2) is 22.7 Å². The van der Waals surface area contributed by atoms with Crippen molar-refractivity contribution in [3.05, 3.63) is 28.2 Å². The summed E-state index contributed by atoms with van der Waals surface area (Å²) in [5, 5.41) is 0. The molecule has 3 heteroatoms. The zero-order valence-electron chi connectivity index (χ0n) is 10.2. The number of hydrogen-bond acceptors (Lipinski definition) is 2. The minimum Gasteiger partial charge on any atom is -0.494 e. The molecule has 0 aliphatic rings. The summed E-state index contributed by atoms with van der Waals surface area (Å²) < 4.78 is 6.71. The summed E-state index contributed by atoms with van der Waals surface area (Å²) in [7, 11) is 0. The molecule has 0 unspecified atom stereocenters. The molecule has 2 N–H and O–H groups in total. The lowest BCUT2D eigenvalue weighted by molar-refractivity contribution is 0.243. The van der Waals surface area contributed by atoms with Gasteiger partial charge in [-0.3, -0.25) is 0 Å². The highest BCUT2D eigenvalue weighted by Crippen LogP contribution is 2.24. The first-order valence-electron chi connectivity index (χ1n) is 5.54. The van der Waals surface area contributed by atoms with Crippen molar-refractivity contribution in [2.75, 3.05) is 6.61 Å². The van der Waals surface area contributed by atoms with E-state index in [4.69, 9.17) is 10.5 Å². The van der Waals surface area contributed by atoms with Crippen molar-refractivity contribution in [3.63, 3.8) is 0 Å². The lowest BCUT2D eigenvalue weighted by Crippen LogP contribution is -2.11. The molecule has 0 amide bonds. The molecule has 1 aromatic carbocycles. The van der Waals surface area contributed by atoms with Crippen LogP contribution in [0.1, 0.15) is 32.8 Å². The molecular weight excluding hydrogens is 266 g/mol. The summed E-state index contributed by atoms with van der Waals surface area (Å²) >= 11 is 3.48. The van der Waals surface area contributed by atoms with E-state index in [-0.39, 0.29) is 0 Å². The smallest absolute Gasteiger partial charge is 0.120 e. The van der Waals surface area contributed by atoms with Crippen molar-refractivity contribution >= 4 is 15.9 Å². The molecule has 0 aliphatic heterocycles. The molecule has 1 rings (SSSR count). The third-order valence-electron chi connectivity index (χ3n) is 2.37. The fourth-order valence-corrected chi connectivity index (χ4v) is 1.78. The molecule has 0 atom stereocenters. The summed E-state index contributed by atoms with van der Waals surface area (Å²) in [5.41, 5.74) is 7.00. The molecule has 16 heavy (non-hydrogen) atoms. The van der Waals surface area contributed by atoms with E-state index < -0.39 is 0 Å². The average molecular weight is 286 g/mol. The van der Waals surface area contributed by atoms with Gasteiger partial charge in [-0.25, -0.2) is 0 Å². The number of ether oxygens (including phenoxy) is 1. The van der Waals surface area contributed by atoms with Crippen LogP contribution >= 0.6 is 15.9 Å². The third kappa shape index (κ3) is 4.54. The predicted molar refractivity (Wildman–Crippen MR) is 71.6 cm³/mol. The summed E-state index contributed by atoms with van der Waals surface area (Å²) in [6, 6.07) is 5.94. The van der Waals surface area contributed by atoms with E-state index >= 15 is 0 Å². The topological polar surface area (TPSA) is 35.2 Å². The minimum atomic E-state index is 0.314. The molecule has 0 radical (unpaired) electrons. The minimum absolute atomic E-state index is 0.314. The van der Waals surface area contributed by atoms with Crippen LogP contribution in [0.5, 0.6) is 5.75 Å². The monoisotopic (exact) mass is 285 g/mol. The Morgan fingerprint density at radius 1 is 1.31 bits per heavy atom. The second-order valence-electron chi connectivity index (χ2n) is 5.12. The van der Waals surface area contributed by atoms with Crippen molar-refractivity contribution in [2.24, 2.45) is 11.1 Å². The van der Waals surface area contributed by atoms with E-state index in [1.165, 1.54) is 0 Å². The highest BCUT2D eigenvalue weighted by Gasteiger charge is 2.10. The SMILES string of the molecule is CC(C)(C)CCOc1ccc(CN)c(Br)c1. The maximum Gasteiger partial charge on any atom is 0.120 e. The normalized spacial score (nSPS) is 11.6. The summed E-state index contributed by atoms with van der Waals surface area (Å²) in [6.45, 7) is 7.93. The highest BCUT2D eigenvalue weighted by atomic mass is 79.9. The fourth-order valence-electron chi connectivity index (χ4n) is 1.26. The Hall–Kier alpha value is -0.540. The van der Waals surface area contributed by atoms with Crippen molar-refractivity contribution in [1.29, 1.82) is 0 Å². The van der Waals surface area contributed by atoms with Gasteiger partial charge in [0.2, 0.25) is 0 Å². The molecule has 0 heterocycles. The Morgan fingerprint density at radius 2 is 2.00 bits per heavy atom. The Kier molecular flexibility index (Phi) is 4.81.